The van der Waals surface area contributed by atoms with Crippen molar-refractivity contribution in [1.82, 2.24) is 4.90 Å². The van der Waals surface area contributed by atoms with Crippen LogP contribution in [-0.2, 0) is 9.53 Å². The number of rotatable bonds is 3. The number of nitrogens with zero attached hydrogens (tertiary/aromatic N) is 2. The third-order valence-corrected chi connectivity index (χ3v) is 3.10. The first kappa shape index (κ1) is 12.0. The fourth-order valence-electron chi connectivity index (χ4n) is 2.05. The molecular formula is C11H18N2O2. The number of carbonyl (C=O) groups is 1. The Morgan fingerprint density at radius 3 is 2.87 bits per heavy atom. The van der Waals surface area contributed by atoms with Crippen LogP contribution in [0.5, 0.6) is 0 Å². The third-order valence-electron chi connectivity index (χ3n) is 3.10. The first-order chi connectivity index (χ1) is 7.01. The van der Waals surface area contributed by atoms with Gasteiger partial charge in [-0.05, 0) is 5.41 Å². The lowest BCUT2D eigenvalue weighted by molar-refractivity contribution is -0.129. The summed E-state index contributed by atoms with van der Waals surface area (Å²) >= 11 is 0. The van der Waals surface area contributed by atoms with Gasteiger partial charge in [0.1, 0.15) is 6.42 Å². The summed E-state index contributed by atoms with van der Waals surface area (Å²) in [5, 5.41) is 8.47. The van der Waals surface area contributed by atoms with E-state index in [0.29, 0.717) is 19.1 Å². The van der Waals surface area contributed by atoms with E-state index in [1.807, 2.05) is 6.07 Å². The van der Waals surface area contributed by atoms with E-state index in [1.54, 1.807) is 12.0 Å². The first-order valence-corrected chi connectivity index (χ1v) is 5.15. The second kappa shape index (κ2) is 4.63. The second-order valence-corrected chi connectivity index (χ2v) is 4.75. The van der Waals surface area contributed by atoms with Gasteiger partial charge in [0.2, 0.25) is 5.91 Å². The van der Waals surface area contributed by atoms with Crippen LogP contribution in [0.1, 0.15) is 20.3 Å². The molecule has 0 N–H and O–H groups in total. The van der Waals surface area contributed by atoms with Crippen molar-refractivity contribution >= 4 is 5.91 Å². The number of nitriles is 1. The van der Waals surface area contributed by atoms with Crippen LogP contribution in [0.4, 0.5) is 0 Å². The normalized spacial score (nSPS) is 23.9. The Kier molecular flexibility index (Phi) is 3.70. The summed E-state index contributed by atoms with van der Waals surface area (Å²) in [7, 11) is 1.68. The standard InChI is InChI=1S/C11H18N2O2/c1-11(2)8-13(10(14)4-5-12)6-9(11)7-15-3/h9H,4,6-8H2,1-3H3/t9-/m1/s1. The molecule has 0 aromatic carbocycles. The SMILES string of the molecule is COC[C@H]1CN(C(=O)CC#N)CC1(C)C. The van der Waals surface area contributed by atoms with Crippen molar-refractivity contribution in [2.45, 2.75) is 20.3 Å². The highest BCUT2D eigenvalue weighted by molar-refractivity contribution is 5.78. The van der Waals surface area contributed by atoms with Gasteiger partial charge in [-0.3, -0.25) is 4.79 Å². The lowest BCUT2D eigenvalue weighted by Crippen LogP contribution is -2.29. The summed E-state index contributed by atoms with van der Waals surface area (Å²) in [4.78, 5) is 13.3. The van der Waals surface area contributed by atoms with Crippen LogP contribution in [0.3, 0.4) is 0 Å². The van der Waals surface area contributed by atoms with Gasteiger partial charge in [0.25, 0.3) is 0 Å². The summed E-state index contributed by atoms with van der Waals surface area (Å²) in [5.74, 6) is 0.300. The Hall–Kier alpha value is -1.08. The lowest BCUT2D eigenvalue weighted by atomic mass is 9.83. The molecule has 1 aliphatic heterocycles. The molecule has 0 spiro atoms. The number of ether oxygens (including phenoxy) is 1. The monoisotopic (exact) mass is 210 g/mol. The van der Waals surface area contributed by atoms with Crippen molar-refractivity contribution in [2.75, 3.05) is 26.8 Å². The predicted molar refractivity (Wildman–Crippen MR) is 56.0 cm³/mol. The molecule has 1 heterocycles. The molecule has 1 atom stereocenters. The van der Waals surface area contributed by atoms with E-state index >= 15 is 0 Å². The number of methoxy groups -OCH3 is 1. The molecular weight excluding hydrogens is 192 g/mol. The van der Waals surface area contributed by atoms with Crippen molar-refractivity contribution in [3.05, 3.63) is 0 Å². The molecule has 0 aliphatic carbocycles. The van der Waals surface area contributed by atoms with E-state index in [-0.39, 0.29) is 17.7 Å². The molecule has 1 aliphatic rings. The van der Waals surface area contributed by atoms with Gasteiger partial charge in [-0.1, -0.05) is 13.8 Å². The van der Waals surface area contributed by atoms with Crippen LogP contribution >= 0.6 is 0 Å². The predicted octanol–water partition coefficient (Wildman–Crippen LogP) is 1.03. The smallest absolute Gasteiger partial charge is 0.236 e. The highest BCUT2D eigenvalue weighted by Crippen LogP contribution is 2.35. The molecule has 0 bridgehead atoms. The Labute approximate surface area is 90.8 Å². The minimum absolute atomic E-state index is 0.0181. The maximum Gasteiger partial charge on any atom is 0.236 e. The van der Waals surface area contributed by atoms with Crippen LogP contribution in [0.2, 0.25) is 0 Å². The summed E-state index contributed by atoms with van der Waals surface area (Å²) in [5.41, 5.74) is 0.0845. The molecule has 0 saturated carbocycles. The quantitative estimate of drug-likeness (QED) is 0.699. The maximum atomic E-state index is 11.5. The zero-order chi connectivity index (χ0) is 11.5. The molecule has 0 aromatic rings. The number of carbonyl (C=O) groups excluding carboxylic acids is 1. The van der Waals surface area contributed by atoms with E-state index in [1.165, 1.54) is 0 Å². The van der Waals surface area contributed by atoms with E-state index in [2.05, 4.69) is 13.8 Å². The van der Waals surface area contributed by atoms with Gasteiger partial charge in [0.15, 0.2) is 0 Å². The van der Waals surface area contributed by atoms with Gasteiger partial charge >= 0.3 is 0 Å². The van der Waals surface area contributed by atoms with E-state index < -0.39 is 0 Å². The Morgan fingerprint density at radius 1 is 1.67 bits per heavy atom. The van der Waals surface area contributed by atoms with Crippen LogP contribution < -0.4 is 0 Å². The van der Waals surface area contributed by atoms with E-state index in [0.717, 1.165) is 6.54 Å². The van der Waals surface area contributed by atoms with Crippen molar-refractivity contribution in [1.29, 1.82) is 5.26 Å². The Bertz CT molecular complexity index is 281. The van der Waals surface area contributed by atoms with Crippen LogP contribution in [0, 0.1) is 22.7 Å². The fourth-order valence-corrected chi connectivity index (χ4v) is 2.05. The number of hydrogen-bond acceptors (Lipinski definition) is 3. The van der Waals surface area contributed by atoms with Gasteiger partial charge in [0, 0.05) is 26.1 Å². The molecule has 1 saturated heterocycles. The Balaban J connectivity index is 2.62. The third kappa shape index (κ3) is 2.69. The average Bonchev–Trinajstić information content (AvgIpc) is 2.44. The van der Waals surface area contributed by atoms with Crippen molar-refractivity contribution in [2.24, 2.45) is 11.3 Å². The Morgan fingerprint density at radius 2 is 2.33 bits per heavy atom. The minimum Gasteiger partial charge on any atom is -0.384 e. The van der Waals surface area contributed by atoms with Crippen molar-refractivity contribution in [3.63, 3.8) is 0 Å². The molecule has 0 unspecified atom stereocenters. The molecule has 84 valence electrons. The summed E-state index contributed by atoms with van der Waals surface area (Å²) in [6.45, 7) is 6.37. The first-order valence-electron chi connectivity index (χ1n) is 5.15. The maximum absolute atomic E-state index is 11.5. The van der Waals surface area contributed by atoms with Crippen LogP contribution in [0.15, 0.2) is 0 Å². The van der Waals surface area contributed by atoms with Crippen molar-refractivity contribution < 1.29 is 9.53 Å². The number of amides is 1. The largest absolute Gasteiger partial charge is 0.384 e. The summed E-state index contributed by atoms with van der Waals surface area (Å²) in [6.07, 6.45) is -0.0181. The topological polar surface area (TPSA) is 53.3 Å². The summed E-state index contributed by atoms with van der Waals surface area (Å²) in [6, 6.07) is 1.90. The molecule has 4 nitrogen and oxygen atoms in total. The highest BCUT2D eigenvalue weighted by Gasteiger charge is 2.40. The van der Waals surface area contributed by atoms with E-state index in [4.69, 9.17) is 10.00 Å². The average molecular weight is 210 g/mol. The lowest BCUT2D eigenvalue weighted by Gasteiger charge is -2.24. The molecule has 1 rings (SSSR count). The van der Waals surface area contributed by atoms with Crippen molar-refractivity contribution in [3.8, 4) is 6.07 Å². The molecule has 4 heteroatoms. The zero-order valence-electron chi connectivity index (χ0n) is 9.62. The molecule has 1 amide bonds. The molecule has 0 radical (unpaired) electrons. The minimum atomic E-state index is -0.0656. The number of likely N-dealkylation sites (tertiary alicyclic amines) is 1. The molecule has 0 aromatic heterocycles. The second-order valence-electron chi connectivity index (χ2n) is 4.75. The number of hydrogen-bond donors (Lipinski definition) is 0. The van der Waals surface area contributed by atoms with Gasteiger partial charge in [0.05, 0.1) is 12.7 Å². The van der Waals surface area contributed by atoms with Gasteiger partial charge in [-0.2, -0.15) is 5.26 Å². The molecule has 1 fully saturated rings. The zero-order valence-corrected chi connectivity index (χ0v) is 9.62. The fraction of sp³-hybridized carbons (Fsp3) is 0.818. The van der Waals surface area contributed by atoms with E-state index in [9.17, 15) is 4.79 Å². The highest BCUT2D eigenvalue weighted by atomic mass is 16.5. The van der Waals surface area contributed by atoms with Gasteiger partial charge in [-0.15, -0.1) is 0 Å². The van der Waals surface area contributed by atoms with Crippen LogP contribution in [0.25, 0.3) is 0 Å². The van der Waals surface area contributed by atoms with Gasteiger partial charge < -0.3 is 9.64 Å². The van der Waals surface area contributed by atoms with Crippen LogP contribution in [-0.4, -0.2) is 37.6 Å². The van der Waals surface area contributed by atoms with Gasteiger partial charge in [-0.25, -0.2) is 0 Å². The molecule has 15 heavy (non-hydrogen) atoms. The summed E-state index contributed by atoms with van der Waals surface area (Å²) < 4.78 is 5.15.